The third-order valence-corrected chi connectivity index (χ3v) is 2.50. The number of hydrogen-bond donors (Lipinski definition) is 1. The van der Waals surface area contributed by atoms with Gasteiger partial charge in [-0.2, -0.15) is 0 Å². The van der Waals surface area contributed by atoms with Gasteiger partial charge in [-0.05, 0) is 25.1 Å². The van der Waals surface area contributed by atoms with Crippen molar-refractivity contribution in [3.8, 4) is 11.5 Å². The van der Waals surface area contributed by atoms with Crippen molar-refractivity contribution in [1.29, 1.82) is 0 Å². The van der Waals surface area contributed by atoms with Crippen LogP contribution in [-0.4, -0.2) is 0 Å². The number of ether oxygens (including phenoxy) is 1. The van der Waals surface area contributed by atoms with Gasteiger partial charge in [-0.1, -0.05) is 18.2 Å². The molecule has 0 aliphatic heterocycles. The molecular formula is C14H13F2NO. The maximum atomic E-state index is 13.7. The molecule has 2 N–H and O–H groups in total. The Bertz CT molecular complexity index is 555. The molecular weight excluding hydrogens is 236 g/mol. The normalized spacial score (nSPS) is 12.2. The van der Waals surface area contributed by atoms with E-state index in [2.05, 4.69) is 0 Å². The molecule has 1 atom stereocenters. The molecule has 0 unspecified atom stereocenters. The van der Waals surface area contributed by atoms with Crippen LogP contribution in [0.4, 0.5) is 8.78 Å². The van der Waals surface area contributed by atoms with Gasteiger partial charge in [0.1, 0.15) is 11.6 Å². The summed E-state index contributed by atoms with van der Waals surface area (Å²) >= 11 is 0. The Labute approximate surface area is 104 Å². The van der Waals surface area contributed by atoms with Gasteiger partial charge in [0.2, 0.25) is 0 Å². The molecule has 0 amide bonds. The largest absolute Gasteiger partial charge is 0.454 e. The van der Waals surface area contributed by atoms with Crippen LogP contribution >= 0.6 is 0 Å². The van der Waals surface area contributed by atoms with E-state index in [1.54, 1.807) is 25.1 Å². The zero-order chi connectivity index (χ0) is 13.1. The Morgan fingerprint density at radius 2 is 1.83 bits per heavy atom. The van der Waals surface area contributed by atoms with Gasteiger partial charge in [-0.3, -0.25) is 0 Å². The van der Waals surface area contributed by atoms with E-state index >= 15 is 0 Å². The predicted octanol–water partition coefficient (Wildman–Crippen LogP) is 3.78. The number of hydrogen-bond acceptors (Lipinski definition) is 2. The summed E-state index contributed by atoms with van der Waals surface area (Å²) in [6.45, 7) is 1.73. The fraction of sp³-hybridized carbons (Fsp3) is 0.143. The fourth-order valence-corrected chi connectivity index (χ4v) is 1.64. The van der Waals surface area contributed by atoms with Gasteiger partial charge in [0.05, 0.1) is 0 Å². The maximum Gasteiger partial charge on any atom is 0.167 e. The van der Waals surface area contributed by atoms with Crippen molar-refractivity contribution < 1.29 is 13.5 Å². The van der Waals surface area contributed by atoms with Crippen molar-refractivity contribution in [2.75, 3.05) is 0 Å². The van der Waals surface area contributed by atoms with E-state index < -0.39 is 11.6 Å². The minimum atomic E-state index is -0.519. The van der Waals surface area contributed by atoms with E-state index in [0.29, 0.717) is 5.56 Å². The van der Waals surface area contributed by atoms with Crippen LogP contribution in [0.15, 0.2) is 42.5 Å². The molecule has 0 fully saturated rings. The molecule has 2 nitrogen and oxygen atoms in total. The molecule has 0 aromatic heterocycles. The second-order valence-electron chi connectivity index (χ2n) is 4.01. The lowest BCUT2D eigenvalue weighted by atomic mass is 10.1. The standard InChI is InChI=1S/C14H13F2NO/c1-9(17)12-6-3-7-13(16)14(12)18-11-5-2-4-10(15)8-11/h2-9H,17H2,1H3/t9-/m1/s1. The van der Waals surface area contributed by atoms with Gasteiger partial charge in [-0.25, -0.2) is 8.78 Å². The molecule has 4 heteroatoms. The monoisotopic (exact) mass is 249 g/mol. The van der Waals surface area contributed by atoms with Crippen molar-refractivity contribution in [2.45, 2.75) is 13.0 Å². The third-order valence-electron chi connectivity index (χ3n) is 2.50. The van der Waals surface area contributed by atoms with Crippen molar-refractivity contribution in [3.63, 3.8) is 0 Å². The lowest BCUT2D eigenvalue weighted by Crippen LogP contribution is -2.07. The third kappa shape index (κ3) is 2.65. The first-order chi connectivity index (χ1) is 8.58. The molecule has 0 radical (unpaired) electrons. The van der Waals surface area contributed by atoms with E-state index in [4.69, 9.17) is 10.5 Å². The molecule has 0 saturated carbocycles. The Hall–Kier alpha value is -1.94. The molecule has 0 spiro atoms. The molecule has 0 bridgehead atoms. The highest BCUT2D eigenvalue weighted by molar-refractivity contribution is 5.40. The molecule has 18 heavy (non-hydrogen) atoms. The summed E-state index contributed by atoms with van der Waals surface area (Å²) in [7, 11) is 0. The summed E-state index contributed by atoms with van der Waals surface area (Å²) in [5, 5.41) is 0. The highest BCUT2D eigenvalue weighted by Crippen LogP contribution is 2.31. The highest BCUT2D eigenvalue weighted by atomic mass is 19.1. The second kappa shape index (κ2) is 5.14. The number of benzene rings is 2. The van der Waals surface area contributed by atoms with Crippen LogP contribution in [0, 0.1) is 11.6 Å². The molecule has 94 valence electrons. The van der Waals surface area contributed by atoms with Gasteiger partial charge >= 0.3 is 0 Å². The Balaban J connectivity index is 2.39. The molecule has 0 heterocycles. The summed E-state index contributed by atoms with van der Waals surface area (Å²) in [5.74, 6) is -0.680. The molecule has 2 aromatic rings. The van der Waals surface area contributed by atoms with Gasteiger partial charge in [0.25, 0.3) is 0 Å². The Kier molecular flexibility index (Phi) is 3.58. The first-order valence-corrected chi connectivity index (χ1v) is 5.55. The summed E-state index contributed by atoms with van der Waals surface area (Å²) < 4.78 is 32.1. The SMILES string of the molecule is C[C@@H](N)c1cccc(F)c1Oc1cccc(F)c1. The van der Waals surface area contributed by atoms with Crippen LogP contribution < -0.4 is 10.5 Å². The number of halogens is 2. The molecule has 0 aliphatic carbocycles. The number of para-hydroxylation sites is 1. The lowest BCUT2D eigenvalue weighted by Gasteiger charge is -2.14. The van der Waals surface area contributed by atoms with Gasteiger partial charge in [0, 0.05) is 17.7 Å². The van der Waals surface area contributed by atoms with Crippen LogP contribution in [0.3, 0.4) is 0 Å². The van der Waals surface area contributed by atoms with Crippen molar-refractivity contribution in [1.82, 2.24) is 0 Å². The van der Waals surface area contributed by atoms with Crippen LogP contribution in [0.1, 0.15) is 18.5 Å². The average molecular weight is 249 g/mol. The van der Waals surface area contributed by atoms with Gasteiger partial charge < -0.3 is 10.5 Å². The Morgan fingerprint density at radius 1 is 1.11 bits per heavy atom. The maximum absolute atomic E-state index is 13.7. The highest BCUT2D eigenvalue weighted by Gasteiger charge is 2.14. The van der Waals surface area contributed by atoms with Crippen molar-refractivity contribution >= 4 is 0 Å². The number of nitrogens with two attached hydrogens (primary N) is 1. The smallest absolute Gasteiger partial charge is 0.167 e. The van der Waals surface area contributed by atoms with Gasteiger partial charge in [0.15, 0.2) is 11.6 Å². The van der Waals surface area contributed by atoms with E-state index in [-0.39, 0.29) is 17.5 Å². The van der Waals surface area contributed by atoms with E-state index in [9.17, 15) is 8.78 Å². The number of rotatable bonds is 3. The fourth-order valence-electron chi connectivity index (χ4n) is 1.64. The first kappa shape index (κ1) is 12.5. The minimum absolute atomic E-state index is 0.0399. The summed E-state index contributed by atoms with van der Waals surface area (Å²) in [6, 6.07) is 9.69. The second-order valence-corrected chi connectivity index (χ2v) is 4.01. The van der Waals surface area contributed by atoms with Crippen molar-refractivity contribution in [2.24, 2.45) is 5.73 Å². The average Bonchev–Trinajstić information content (AvgIpc) is 2.31. The molecule has 2 rings (SSSR count). The van der Waals surface area contributed by atoms with E-state index in [1.807, 2.05) is 0 Å². The Morgan fingerprint density at radius 3 is 2.50 bits per heavy atom. The summed E-state index contributed by atoms with van der Waals surface area (Å²) in [6.07, 6.45) is 0. The quantitative estimate of drug-likeness (QED) is 0.898. The van der Waals surface area contributed by atoms with Crippen LogP contribution in [0.5, 0.6) is 11.5 Å². The van der Waals surface area contributed by atoms with Crippen LogP contribution in [0.25, 0.3) is 0 Å². The molecule has 2 aromatic carbocycles. The summed E-state index contributed by atoms with van der Waals surface area (Å²) in [4.78, 5) is 0. The van der Waals surface area contributed by atoms with Crippen LogP contribution in [0.2, 0.25) is 0 Å². The minimum Gasteiger partial charge on any atom is -0.454 e. The lowest BCUT2D eigenvalue weighted by molar-refractivity contribution is 0.429. The summed E-state index contributed by atoms with van der Waals surface area (Å²) in [5.41, 5.74) is 6.29. The molecule has 0 aliphatic rings. The van der Waals surface area contributed by atoms with Crippen LogP contribution in [-0.2, 0) is 0 Å². The molecule has 0 saturated heterocycles. The van der Waals surface area contributed by atoms with Crippen molar-refractivity contribution in [3.05, 3.63) is 59.7 Å². The van der Waals surface area contributed by atoms with Gasteiger partial charge in [-0.15, -0.1) is 0 Å². The predicted molar refractivity (Wildman–Crippen MR) is 65.5 cm³/mol. The first-order valence-electron chi connectivity index (χ1n) is 5.55. The zero-order valence-electron chi connectivity index (χ0n) is 9.86. The topological polar surface area (TPSA) is 35.2 Å². The van der Waals surface area contributed by atoms with E-state index in [0.717, 1.165) is 0 Å². The van der Waals surface area contributed by atoms with E-state index in [1.165, 1.54) is 24.3 Å². The zero-order valence-corrected chi connectivity index (χ0v) is 9.86.